The van der Waals surface area contributed by atoms with Gasteiger partial charge in [0, 0.05) is 26.7 Å². The van der Waals surface area contributed by atoms with Crippen molar-refractivity contribution in [3.05, 3.63) is 0 Å². The number of guanidine groups is 1. The monoisotopic (exact) mass is 380 g/mol. The lowest BCUT2D eigenvalue weighted by Crippen LogP contribution is -2.49. The van der Waals surface area contributed by atoms with E-state index in [4.69, 9.17) is 4.74 Å². The first-order valence-corrected chi connectivity index (χ1v) is 10.3. The van der Waals surface area contributed by atoms with Crippen molar-refractivity contribution < 1.29 is 21.9 Å². The Hall–Kier alpha value is -1.00. The van der Waals surface area contributed by atoms with Gasteiger partial charge in [0.05, 0.1) is 18.2 Å². The van der Waals surface area contributed by atoms with Crippen LogP contribution in [0.2, 0.25) is 0 Å². The number of aliphatic imine (C=N–C) groups is 1. The van der Waals surface area contributed by atoms with Crippen LogP contribution in [0.15, 0.2) is 4.99 Å². The van der Waals surface area contributed by atoms with Gasteiger partial charge in [-0.05, 0) is 38.0 Å². The van der Waals surface area contributed by atoms with E-state index in [9.17, 15) is 17.2 Å². The molecular weight excluding hydrogens is 354 g/mol. The molecule has 0 aromatic carbocycles. The molecule has 3 atom stereocenters. The van der Waals surface area contributed by atoms with E-state index in [1.165, 1.54) is 0 Å². The van der Waals surface area contributed by atoms with E-state index in [-0.39, 0.29) is 31.2 Å². The Kier molecular flexibility index (Phi) is 5.79. The molecule has 0 aliphatic carbocycles. The second-order valence-electron chi connectivity index (χ2n) is 6.96. The minimum absolute atomic E-state index is 0.144. The quantitative estimate of drug-likeness (QED) is 0.543. The standard InChI is InChI=1S/C15H26F2N4O3S/c1-18-15(20-12-8-11-2-3-13(12)24-11)19-9-10-4-6-21(7-5-10)25(22,23)14(16)17/h10-14H,2-9H2,1H3,(H2,18,19,20). The van der Waals surface area contributed by atoms with E-state index in [2.05, 4.69) is 15.6 Å². The van der Waals surface area contributed by atoms with E-state index in [0.717, 1.165) is 23.6 Å². The second kappa shape index (κ2) is 7.71. The van der Waals surface area contributed by atoms with Gasteiger partial charge in [0.2, 0.25) is 0 Å². The lowest BCUT2D eigenvalue weighted by atomic mass is 9.95. The summed E-state index contributed by atoms with van der Waals surface area (Å²) in [5.41, 5.74) is 0. The predicted molar refractivity (Wildman–Crippen MR) is 90.0 cm³/mol. The van der Waals surface area contributed by atoms with Gasteiger partial charge in [-0.15, -0.1) is 0 Å². The zero-order valence-corrected chi connectivity index (χ0v) is 15.1. The molecule has 3 fully saturated rings. The zero-order chi connectivity index (χ0) is 18.0. The van der Waals surface area contributed by atoms with Crippen LogP contribution in [0.25, 0.3) is 0 Å². The van der Waals surface area contributed by atoms with Crippen LogP contribution in [-0.2, 0) is 14.8 Å². The summed E-state index contributed by atoms with van der Waals surface area (Å²) in [6.45, 7) is 0.931. The fourth-order valence-corrected chi connectivity index (χ4v) is 4.83. The average Bonchev–Trinajstić information content (AvgIpc) is 3.21. The van der Waals surface area contributed by atoms with Gasteiger partial charge < -0.3 is 15.4 Å². The largest absolute Gasteiger partial charge is 0.373 e. The molecule has 0 aromatic rings. The van der Waals surface area contributed by atoms with Crippen LogP contribution in [0.5, 0.6) is 0 Å². The summed E-state index contributed by atoms with van der Waals surface area (Å²) in [7, 11) is -2.74. The van der Waals surface area contributed by atoms with Crippen molar-refractivity contribution in [2.24, 2.45) is 10.9 Å². The fraction of sp³-hybridized carbons (Fsp3) is 0.933. The highest BCUT2D eigenvalue weighted by Gasteiger charge is 2.41. The molecule has 2 N–H and O–H groups in total. The number of piperidine rings is 1. The van der Waals surface area contributed by atoms with Gasteiger partial charge in [0.25, 0.3) is 10.0 Å². The molecule has 0 amide bonds. The number of nitrogens with one attached hydrogen (secondary N) is 2. The maximum Gasteiger partial charge on any atom is 0.350 e. The first kappa shape index (κ1) is 18.8. The minimum atomic E-state index is -4.45. The number of hydrogen-bond acceptors (Lipinski definition) is 4. The van der Waals surface area contributed by atoms with Crippen LogP contribution in [0.3, 0.4) is 0 Å². The second-order valence-corrected chi connectivity index (χ2v) is 8.86. The van der Waals surface area contributed by atoms with Crippen LogP contribution < -0.4 is 10.6 Å². The van der Waals surface area contributed by atoms with E-state index < -0.39 is 15.8 Å². The summed E-state index contributed by atoms with van der Waals surface area (Å²) in [4.78, 5) is 4.23. The van der Waals surface area contributed by atoms with Gasteiger partial charge in [0.15, 0.2) is 5.96 Å². The highest BCUT2D eigenvalue weighted by Crippen LogP contribution is 2.34. The molecule has 10 heteroatoms. The zero-order valence-electron chi connectivity index (χ0n) is 14.3. The molecule has 0 saturated carbocycles. The van der Waals surface area contributed by atoms with Gasteiger partial charge in [-0.1, -0.05) is 0 Å². The average molecular weight is 380 g/mol. The van der Waals surface area contributed by atoms with Crippen molar-refractivity contribution >= 4 is 16.0 Å². The number of halogens is 2. The number of hydrogen-bond donors (Lipinski definition) is 2. The van der Waals surface area contributed by atoms with E-state index >= 15 is 0 Å². The van der Waals surface area contributed by atoms with Crippen molar-refractivity contribution in [2.45, 2.75) is 56.1 Å². The molecule has 3 saturated heterocycles. The molecule has 3 unspecified atom stereocenters. The molecule has 144 valence electrons. The van der Waals surface area contributed by atoms with Crippen molar-refractivity contribution in [1.29, 1.82) is 0 Å². The van der Waals surface area contributed by atoms with E-state index in [0.29, 0.717) is 31.4 Å². The summed E-state index contributed by atoms with van der Waals surface area (Å²) in [5.74, 6) is -2.39. The van der Waals surface area contributed by atoms with Gasteiger partial charge >= 0.3 is 5.76 Å². The Labute approximate surface area is 147 Å². The van der Waals surface area contributed by atoms with Crippen molar-refractivity contribution in [3.8, 4) is 0 Å². The topological polar surface area (TPSA) is 83.0 Å². The number of nitrogens with zero attached hydrogens (tertiary/aromatic N) is 2. The molecule has 3 rings (SSSR count). The van der Waals surface area contributed by atoms with Gasteiger partial charge in [0.1, 0.15) is 0 Å². The molecule has 3 aliphatic rings. The molecule has 7 nitrogen and oxygen atoms in total. The Morgan fingerprint density at radius 2 is 2.00 bits per heavy atom. The Morgan fingerprint density at radius 1 is 1.28 bits per heavy atom. The molecule has 25 heavy (non-hydrogen) atoms. The maximum atomic E-state index is 12.6. The Morgan fingerprint density at radius 3 is 2.52 bits per heavy atom. The lowest BCUT2D eigenvalue weighted by molar-refractivity contribution is 0.0992. The van der Waals surface area contributed by atoms with Crippen molar-refractivity contribution in [2.75, 3.05) is 26.7 Å². The molecule has 0 aromatic heterocycles. The third-order valence-electron chi connectivity index (χ3n) is 5.37. The highest BCUT2D eigenvalue weighted by atomic mass is 32.2. The number of rotatable bonds is 5. The Bertz CT molecular complexity index is 594. The van der Waals surface area contributed by atoms with Crippen LogP contribution >= 0.6 is 0 Å². The number of ether oxygens (including phenoxy) is 1. The van der Waals surface area contributed by atoms with Crippen LogP contribution in [0, 0.1) is 5.92 Å². The predicted octanol–water partition coefficient (Wildman–Crippen LogP) is 0.736. The van der Waals surface area contributed by atoms with Gasteiger partial charge in [-0.2, -0.15) is 13.1 Å². The first-order valence-electron chi connectivity index (χ1n) is 8.80. The number of alkyl halides is 2. The smallest absolute Gasteiger partial charge is 0.350 e. The summed E-state index contributed by atoms with van der Waals surface area (Å²) in [6, 6.07) is 0.281. The molecule has 3 heterocycles. The number of fused-ring (bicyclic) bond motifs is 2. The molecule has 2 bridgehead atoms. The molecule has 0 radical (unpaired) electrons. The number of sulfonamides is 1. The molecule has 0 spiro atoms. The molecule has 3 aliphatic heterocycles. The van der Waals surface area contributed by atoms with Crippen LogP contribution in [-0.4, -0.2) is 69.4 Å². The SMILES string of the molecule is CN=C(NCC1CCN(S(=O)(=O)C(F)F)CC1)NC1CC2CCC1O2. The summed E-state index contributed by atoms with van der Waals surface area (Å²) in [5, 5.41) is 6.66. The summed E-state index contributed by atoms with van der Waals surface area (Å²) >= 11 is 0. The molecular formula is C15H26F2N4O3S. The third kappa shape index (κ3) is 4.22. The highest BCUT2D eigenvalue weighted by molar-refractivity contribution is 7.89. The van der Waals surface area contributed by atoms with Crippen LogP contribution in [0.1, 0.15) is 32.1 Å². The maximum absolute atomic E-state index is 12.6. The fourth-order valence-electron chi connectivity index (χ4n) is 3.88. The summed E-state index contributed by atoms with van der Waals surface area (Å²) < 4.78 is 54.8. The normalized spacial score (nSPS) is 31.7. The van der Waals surface area contributed by atoms with Crippen LogP contribution in [0.4, 0.5) is 8.78 Å². The van der Waals surface area contributed by atoms with Gasteiger partial charge in [-0.3, -0.25) is 4.99 Å². The van der Waals surface area contributed by atoms with E-state index in [1.807, 2.05) is 0 Å². The first-order chi connectivity index (χ1) is 11.9. The van der Waals surface area contributed by atoms with E-state index in [1.54, 1.807) is 7.05 Å². The summed E-state index contributed by atoms with van der Waals surface area (Å²) in [6.07, 6.45) is 4.95. The van der Waals surface area contributed by atoms with Crippen molar-refractivity contribution in [3.63, 3.8) is 0 Å². The third-order valence-corrected chi connectivity index (χ3v) is 6.90. The van der Waals surface area contributed by atoms with Crippen molar-refractivity contribution in [1.82, 2.24) is 14.9 Å². The minimum Gasteiger partial charge on any atom is -0.373 e. The lowest BCUT2D eigenvalue weighted by Gasteiger charge is -2.31. The van der Waals surface area contributed by atoms with Gasteiger partial charge in [-0.25, -0.2) is 8.42 Å². The Balaban J connectivity index is 1.41.